The monoisotopic (exact) mass is 615 g/mol. The maximum atomic E-state index is 10.5. The summed E-state index contributed by atoms with van der Waals surface area (Å²) in [5.74, 6) is 0.978. The Morgan fingerprint density at radius 2 is 0.830 bits per heavy atom. The lowest BCUT2D eigenvalue weighted by molar-refractivity contribution is 0.416. The highest BCUT2D eigenvalue weighted by Gasteiger charge is 2.19. The van der Waals surface area contributed by atoms with Crippen LogP contribution in [0.15, 0.2) is 97.1 Å². The first-order chi connectivity index (χ1) is 22.9. The van der Waals surface area contributed by atoms with Crippen molar-refractivity contribution in [3.8, 4) is 56.4 Å². The van der Waals surface area contributed by atoms with Crippen LogP contribution < -0.4 is 4.74 Å². The molecule has 228 valence electrons. The van der Waals surface area contributed by atoms with Crippen LogP contribution in [0.2, 0.25) is 0 Å². The minimum atomic E-state index is 0.136. The summed E-state index contributed by atoms with van der Waals surface area (Å²) in [5.41, 5.74) is 10.4. The molecule has 8 nitrogen and oxygen atoms in total. The molecular weight excluding hydrogens is 587 g/mol. The fraction of sp³-hybridized carbons (Fsp3) is 0.0256. The minimum Gasteiger partial charge on any atom is -0.508 e. The van der Waals surface area contributed by atoms with Crippen LogP contribution >= 0.6 is 0 Å². The van der Waals surface area contributed by atoms with Crippen molar-refractivity contribution in [1.82, 2.24) is 19.9 Å². The van der Waals surface area contributed by atoms with Gasteiger partial charge in [-0.1, -0.05) is 36.4 Å². The van der Waals surface area contributed by atoms with Gasteiger partial charge in [-0.15, -0.1) is 0 Å². The number of aromatic hydroxyl groups is 3. The number of hydrogen-bond acceptors (Lipinski definition) is 6. The van der Waals surface area contributed by atoms with E-state index in [1.165, 1.54) is 0 Å². The van der Waals surface area contributed by atoms with Crippen LogP contribution in [0, 0.1) is 0 Å². The molecule has 2 aliphatic rings. The predicted octanol–water partition coefficient (Wildman–Crippen LogP) is 8.78. The number of phenolic OH excluding ortho intramolecular Hbond substituents is 3. The lowest BCUT2D eigenvalue weighted by Crippen LogP contribution is -1.90. The highest BCUT2D eigenvalue weighted by Crippen LogP contribution is 2.39. The number of ether oxygens (including phenoxy) is 1. The normalized spacial score (nSPS) is 12.0. The van der Waals surface area contributed by atoms with Crippen molar-refractivity contribution in [3.05, 3.63) is 120 Å². The van der Waals surface area contributed by atoms with E-state index in [0.29, 0.717) is 28.5 Å². The molecule has 0 saturated heterocycles. The molecule has 3 aromatic carbocycles. The Labute approximate surface area is 269 Å². The van der Waals surface area contributed by atoms with E-state index in [0.717, 1.165) is 55.4 Å². The minimum absolute atomic E-state index is 0.136. The molecule has 5 heterocycles. The number of hydrogen-bond donors (Lipinski definition) is 5. The zero-order valence-corrected chi connectivity index (χ0v) is 25.2. The summed E-state index contributed by atoms with van der Waals surface area (Å²) in [7, 11) is 1.61. The molecule has 0 atom stereocenters. The first kappa shape index (κ1) is 28.0. The van der Waals surface area contributed by atoms with Gasteiger partial charge in [0.15, 0.2) is 5.75 Å². The Balaban J connectivity index is 1.57. The number of fused-ring (bicyclic) bond motifs is 8. The third-order valence-electron chi connectivity index (χ3n) is 8.31. The molecule has 8 rings (SSSR count). The zero-order chi connectivity index (χ0) is 32.1. The van der Waals surface area contributed by atoms with Gasteiger partial charge in [0.05, 0.1) is 29.7 Å². The maximum absolute atomic E-state index is 10.5. The van der Waals surface area contributed by atoms with Crippen molar-refractivity contribution in [2.24, 2.45) is 0 Å². The summed E-state index contributed by atoms with van der Waals surface area (Å²) in [4.78, 5) is 17.3. The van der Waals surface area contributed by atoms with Gasteiger partial charge in [-0.3, -0.25) is 0 Å². The summed E-state index contributed by atoms with van der Waals surface area (Å²) in [6.45, 7) is 0. The van der Waals surface area contributed by atoms with E-state index in [9.17, 15) is 15.3 Å². The molecule has 0 radical (unpaired) electrons. The lowest BCUT2D eigenvalue weighted by Gasteiger charge is -2.07. The second-order valence-corrected chi connectivity index (χ2v) is 11.3. The number of H-pyrrole nitrogens is 2. The first-order valence-corrected chi connectivity index (χ1v) is 15.0. The van der Waals surface area contributed by atoms with Gasteiger partial charge in [-0.25, -0.2) is 9.97 Å². The van der Waals surface area contributed by atoms with E-state index >= 15 is 0 Å². The number of benzene rings is 3. The molecule has 0 fully saturated rings. The molecule has 47 heavy (non-hydrogen) atoms. The molecule has 8 heteroatoms. The van der Waals surface area contributed by atoms with Crippen molar-refractivity contribution in [3.63, 3.8) is 0 Å². The van der Waals surface area contributed by atoms with Crippen LogP contribution in [-0.4, -0.2) is 42.4 Å². The van der Waals surface area contributed by atoms with Crippen molar-refractivity contribution < 1.29 is 20.1 Å². The number of methoxy groups -OCH3 is 1. The topological polar surface area (TPSA) is 127 Å². The van der Waals surface area contributed by atoms with Gasteiger partial charge >= 0.3 is 0 Å². The molecule has 0 unspecified atom stereocenters. The molecule has 5 N–H and O–H groups in total. The molecule has 0 saturated carbocycles. The molecule has 6 aromatic rings. The van der Waals surface area contributed by atoms with Crippen LogP contribution in [0.4, 0.5) is 0 Å². The SMILES string of the molecule is [11CH3]Oc1c2nc(c(-c3cccc(O)c3)c3ccc([nH]3)c(-c3cccc(O)c3)c3nc(c(-c4cccc(O)c4)c4ccc1[nH]4)C=C3)C=C2. The molecule has 0 amide bonds. The smallest absolute Gasteiger partial charge is 0.167 e. The van der Waals surface area contributed by atoms with Crippen LogP contribution in [0.3, 0.4) is 0 Å². The average Bonchev–Trinajstić information content (AvgIpc) is 3.89. The summed E-state index contributed by atoms with van der Waals surface area (Å²) in [6, 6.07) is 29.1. The average molecular weight is 616 g/mol. The Kier molecular flexibility index (Phi) is 6.62. The summed E-state index contributed by atoms with van der Waals surface area (Å²) in [6.07, 6.45) is 7.76. The highest BCUT2D eigenvalue weighted by molar-refractivity contribution is 5.98. The second-order valence-electron chi connectivity index (χ2n) is 11.3. The number of nitrogens with one attached hydrogen (secondary N) is 2. The third-order valence-corrected chi connectivity index (χ3v) is 8.31. The molecule has 3 aromatic heterocycles. The standard InChI is InChI=1S/C39H28N4O4/c1-47-39-34-17-15-32(42-34)37(23-6-3-9-26(45)20-23)30-13-11-28(40-30)36(22-5-2-8-25(44)19-22)29-12-14-31(41-29)38(33-16-18-35(39)43-33)24-7-4-10-27(46)21-24/h2-21,40,43-46H,1H3/i1-1. The van der Waals surface area contributed by atoms with Gasteiger partial charge in [0, 0.05) is 33.2 Å². The van der Waals surface area contributed by atoms with E-state index in [-0.39, 0.29) is 17.2 Å². The van der Waals surface area contributed by atoms with E-state index < -0.39 is 0 Å². The Hall–Kier alpha value is -6.54. The van der Waals surface area contributed by atoms with Gasteiger partial charge in [-0.05, 0) is 102 Å². The molecule has 0 aliphatic carbocycles. The van der Waals surface area contributed by atoms with Gasteiger partial charge in [0.25, 0.3) is 0 Å². The Morgan fingerprint density at radius 3 is 1.23 bits per heavy atom. The highest BCUT2D eigenvalue weighted by atomic mass is 16.4. The fourth-order valence-corrected chi connectivity index (χ4v) is 6.29. The maximum Gasteiger partial charge on any atom is 0.167 e. The fourth-order valence-electron chi connectivity index (χ4n) is 6.29. The molecule has 2 aliphatic heterocycles. The predicted molar refractivity (Wildman–Crippen MR) is 187 cm³/mol. The van der Waals surface area contributed by atoms with Crippen LogP contribution in [0.25, 0.3) is 79.8 Å². The van der Waals surface area contributed by atoms with Crippen LogP contribution in [0.5, 0.6) is 23.0 Å². The van der Waals surface area contributed by atoms with E-state index in [2.05, 4.69) is 9.97 Å². The van der Waals surface area contributed by atoms with Crippen LogP contribution in [0.1, 0.15) is 22.8 Å². The number of aromatic nitrogens is 4. The quantitative estimate of drug-likeness (QED) is 0.135. The van der Waals surface area contributed by atoms with Crippen LogP contribution in [-0.2, 0) is 0 Å². The molecular formula is C39H28N4O4. The zero-order valence-electron chi connectivity index (χ0n) is 25.2. The molecule has 0 spiro atoms. The number of rotatable bonds is 4. The number of nitrogens with zero attached hydrogens (tertiary/aromatic N) is 2. The van der Waals surface area contributed by atoms with Crippen molar-refractivity contribution >= 4 is 46.4 Å². The van der Waals surface area contributed by atoms with Gasteiger partial charge in [-0.2, -0.15) is 0 Å². The Bertz CT molecular complexity index is 2410. The first-order valence-electron chi connectivity index (χ1n) is 15.0. The van der Waals surface area contributed by atoms with Crippen molar-refractivity contribution in [2.75, 3.05) is 7.11 Å². The van der Waals surface area contributed by atoms with Crippen molar-refractivity contribution in [2.45, 2.75) is 0 Å². The second kappa shape index (κ2) is 11.1. The number of phenols is 3. The van der Waals surface area contributed by atoms with E-state index in [1.807, 2.05) is 66.8 Å². The Morgan fingerprint density at radius 1 is 0.468 bits per heavy atom. The van der Waals surface area contributed by atoms with Gasteiger partial charge in [0.2, 0.25) is 0 Å². The van der Waals surface area contributed by atoms with Gasteiger partial charge in [0.1, 0.15) is 22.9 Å². The summed E-state index contributed by atoms with van der Waals surface area (Å²) in [5, 5.41) is 31.4. The number of aromatic amines is 2. The van der Waals surface area contributed by atoms with Crippen molar-refractivity contribution in [1.29, 1.82) is 0 Å². The van der Waals surface area contributed by atoms with E-state index in [4.69, 9.17) is 14.7 Å². The van der Waals surface area contributed by atoms with Gasteiger partial charge < -0.3 is 30.0 Å². The third kappa shape index (κ3) is 4.98. The lowest BCUT2D eigenvalue weighted by atomic mass is 10.0. The largest absolute Gasteiger partial charge is 0.508 e. The summed E-state index contributed by atoms with van der Waals surface area (Å²) < 4.78 is 5.92. The van der Waals surface area contributed by atoms with E-state index in [1.54, 1.807) is 61.7 Å². The molecule has 8 bridgehead atoms. The summed E-state index contributed by atoms with van der Waals surface area (Å²) >= 11 is 0.